The zero-order valence-corrected chi connectivity index (χ0v) is 24.8. The van der Waals surface area contributed by atoms with Crippen LogP contribution in [0.3, 0.4) is 0 Å². The molecule has 0 bridgehead atoms. The third kappa shape index (κ3) is 6.63. The van der Waals surface area contributed by atoms with E-state index < -0.39 is 62.1 Å². The molecular weight excluding hydrogens is 593 g/mol. The molecule has 3 heterocycles. The van der Waals surface area contributed by atoms with Gasteiger partial charge in [-0.2, -0.15) is 10.1 Å². The first-order valence-electron chi connectivity index (χ1n) is 12.8. The number of aromatic amines is 1. The zero-order chi connectivity index (χ0) is 30.7. The van der Waals surface area contributed by atoms with Crippen LogP contribution in [-0.4, -0.2) is 69.3 Å². The number of fused-ring (bicyclic) bond motifs is 1. The quantitative estimate of drug-likeness (QED) is 0.139. The van der Waals surface area contributed by atoms with Gasteiger partial charge in [-0.25, -0.2) is 4.57 Å². The number of nitrogens with one attached hydrogen (secondary N) is 2. The van der Waals surface area contributed by atoms with Crippen molar-refractivity contribution in [2.45, 2.75) is 57.0 Å². The lowest BCUT2D eigenvalue weighted by molar-refractivity contribution is -0.149. The van der Waals surface area contributed by atoms with E-state index in [9.17, 15) is 19.3 Å². The number of hydrogen-bond donors (Lipinski definition) is 4. The minimum absolute atomic E-state index is 0.102. The Morgan fingerprint density at radius 3 is 2.69 bits per heavy atom. The van der Waals surface area contributed by atoms with E-state index in [2.05, 4.69) is 26.4 Å². The van der Waals surface area contributed by atoms with Crippen molar-refractivity contribution in [2.75, 3.05) is 19.5 Å². The van der Waals surface area contributed by atoms with E-state index in [0.717, 1.165) is 0 Å². The van der Waals surface area contributed by atoms with Gasteiger partial charge in [0.05, 0.1) is 18.1 Å². The largest absolute Gasteiger partial charge is 0.462 e. The predicted octanol–water partition coefficient (Wildman–Crippen LogP) is 2.28. The molecule has 5 N–H and O–H groups in total. The summed E-state index contributed by atoms with van der Waals surface area (Å²) in [6.45, 7) is 4.33. The van der Waals surface area contributed by atoms with Gasteiger partial charge in [0.15, 0.2) is 11.9 Å². The number of esters is 1. The predicted molar refractivity (Wildman–Crippen MR) is 153 cm³/mol. The van der Waals surface area contributed by atoms with Crippen LogP contribution < -0.4 is 20.9 Å². The molecule has 42 heavy (non-hydrogen) atoms. The molecule has 16 heteroatoms. The summed E-state index contributed by atoms with van der Waals surface area (Å²) in [6.07, 6.45) is -2.60. The summed E-state index contributed by atoms with van der Waals surface area (Å²) in [5.41, 5.74) is 3.25. The Kier molecular flexibility index (Phi) is 9.64. The summed E-state index contributed by atoms with van der Waals surface area (Å²) in [5.74, 6) is 1.87. The van der Waals surface area contributed by atoms with Crippen molar-refractivity contribution < 1.29 is 37.7 Å². The second-order valence-corrected chi connectivity index (χ2v) is 11.6. The Morgan fingerprint density at radius 2 is 2.05 bits per heavy atom. The van der Waals surface area contributed by atoms with E-state index in [1.807, 2.05) is 0 Å². The number of methoxy groups -OCH3 is 1. The first kappa shape index (κ1) is 31.5. The Morgan fingerprint density at radius 1 is 1.33 bits per heavy atom. The molecule has 1 aliphatic rings. The number of hydrogen-bond acceptors (Lipinski definition) is 11. The number of aromatic nitrogens is 3. The lowest BCUT2D eigenvalue weighted by atomic mass is 9.95. The zero-order valence-electron chi connectivity index (χ0n) is 23.1. The van der Waals surface area contributed by atoms with Gasteiger partial charge < -0.3 is 34.1 Å². The van der Waals surface area contributed by atoms with Crippen molar-refractivity contribution in [1.29, 1.82) is 0 Å². The molecule has 1 aromatic carbocycles. The molecule has 0 spiro atoms. The van der Waals surface area contributed by atoms with Crippen molar-refractivity contribution in [3.05, 3.63) is 52.9 Å². The van der Waals surface area contributed by atoms with E-state index in [4.69, 9.17) is 40.6 Å². The second-order valence-electron chi connectivity index (χ2n) is 9.67. The van der Waals surface area contributed by atoms with Crippen LogP contribution in [0, 0.1) is 11.3 Å². The molecule has 0 aliphatic carbocycles. The van der Waals surface area contributed by atoms with Gasteiger partial charge >= 0.3 is 13.7 Å². The minimum Gasteiger partial charge on any atom is -0.462 e. The Balaban J connectivity index is 1.65. The number of benzene rings is 1. The topological polar surface area (TPSA) is 189 Å². The smallest absolute Gasteiger partial charge is 0.459 e. The molecule has 0 radical (unpaired) electrons. The van der Waals surface area contributed by atoms with Gasteiger partial charge in [-0.3, -0.25) is 19.1 Å². The molecule has 1 fully saturated rings. The summed E-state index contributed by atoms with van der Waals surface area (Å²) in [7, 11) is -2.98. The summed E-state index contributed by atoms with van der Waals surface area (Å²) in [4.78, 5) is 31.4. The number of H-pyrrole nitrogens is 1. The van der Waals surface area contributed by atoms with Gasteiger partial charge in [0.1, 0.15) is 24.0 Å². The van der Waals surface area contributed by atoms with E-state index >= 15 is 0 Å². The van der Waals surface area contributed by atoms with Crippen molar-refractivity contribution >= 4 is 42.3 Å². The monoisotopic (exact) mass is 623 g/mol. The number of carbonyl (C=O) groups excluding carboxylic acids is 1. The number of para-hydroxylation sites is 1. The molecule has 2 unspecified atom stereocenters. The molecule has 0 saturated carbocycles. The number of carbonyl (C=O) groups is 1. The molecule has 0 amide bonds. The van der Waals surface area contributed by atoms with Crippen LogP contribution >= 0.6 is 19.3 Å². The highest BCUT2D eigenvalue weighted by Crippen LogP contribution is 2.47. The van der Waals surface area contributed by atoms with Crippen LogP contribution in [0.2, 0.25) is 0 Å². The van der Waals surface area contributed by atoms with E-state index in [0.29, 0.717) is 0 Å². The maximum atomic E-state index is 13.9. The number of ether oxygens (including phenoxy) is 3. The fourth-order valence-corrected chi connectivity index (χ4v) is 6.12. The number of nitrogens with two attached hydrogens (primary N) is 1. The molecule has 3 aromatic rings. The maximum absolute atomic E-state index is 13.9. The average Bonchev–Trinajstić information content (AvgIpc) is 3.45. The second kappa shape index (κ2) is 12.8. The highest BCUT2D eigenvalue weighted by atomic mass is 35.5. The number of rotatable bonds is 11. The van der Waals surface area contributed by atoms with Crippen LogP contribution in [0.15, 0.2) is 47.4 Å². The molecule has 1 saturated heterocycles. The lowest BCUT2D eigenvalue weighted by Crippen LogP contribution is -2.47. The number of aliphatic hydroxyl groups is 1. The highest BCUT2D eigenvalue weighted by molar-refractivity contribution is 7.52. The number of halogens is 1. The van der Waals surface area contributed by atoms with Crippen LogP contribution in [0.1, 0.15) is 27.0 Å². The van der Waals surface area contributed by atoms with Crippen LogP contribution in [-0.2, 0) is 28.1 Å². The fourth-order valence-electron chi connectivity index (χ4n) is 4.46. The molecule has 1 aliphatic heterocycles. The van der Waals surface area contributed by atoms with Crippen molar-refractivity contribution in [1.82, 2.24) is 19.6 Å². The standard InChI is InChI=1S/C26H31ClN5O9P/c1-15(2)39-23(34)16(3)31-42(36,41-17-8-6-5-7-9-17)38-14-19-20(37-4)26(35,11-12-27)24(40-19)32-13-10-18-21(32)29-25(28)30-22(18)33/h5-10,13,15-16,19-20,24,35H,14H2,1-4H3,(H,31,36)(H3,28,29,30,33)/t16-,19+,20-,24+,26?,42?/m0/s1. The van der Waals surface area contributed by atoms with Gasteiger partial charge in [-0.05, 0) is 56.5 Å². The SMILES string of the molecule is CO[C@H]1[C@@H](COP(=O)(N[C@@H](C)C(=O)OC(C)C)Oc2ccccc2)O[C@@H](n2ccc3c(=O)[nH]c(N)nc32)C1(O)C#CCl. The molecular formula is C26H31ClN5O9P. The Bertz CT molecular complexity index is 1590. The molecule has 226 valence electrons. The van der Waals surface area contributed by atoms with Crippen LogP contribution in [0.5, 0.6) is 5.75 Å². The van der Waals surface area contributed by atoms with Crippen LogP contribution in [0.4, 0.5) is 5.95 Å². The molecule has 4 rings (SSSR count). The molecule has 2 aromatic heterocycles. The maximum Gasteiger partial charge on any atom is 0.459 e. The summed E-state index contributed by atoms with van der Waals surface area (Å²) < 4.78 is 43.6. The first-order chi connectivity index (χ1) is 19.9. The van der Waals surface area contributed by atoms with E-state index in [1.54, 1.807) is 44.2 Å². The first-order valence-corrected chi connectivity index (χ1v) is 14.7. The number of nitrogen functional groups attached to an aromatic ring is 1. The highest BCUT2D eigenvalue weighted by Gasteiger charge is 2.57. The number of anilines is 1. The van der Waals surface area contributed by atoms with Crippen molar-refractivity contribution in [2.24, 2.45) is 0 Å². The fraction of sp³-hybridized carbons (Fsp3) is 0.423. The third-order valence-electron chi connectivity index (χ3n) is 6.24. The van der Waals surface area contributed by atoms with E-state index in [1.165, 1.54) is 30.9 Å². The van der Waals surface area contributed by atoms with Gasteiger partial charge in [0.2, 0.25) is 11.5 Å². The third-order valence-corrected chi connectivity index (χ3v) is 7.98. The van der Waals surface area contributed by atoms with Crippen LogP contribution in [0.25, 0.3) is 11.0 Å². The van der Waals surface area contributed by atoms with Gasteiger partial charge in [-0.15, -0.1) is 0 Å². The lowest BCUT2D eigenvalue weighted by Gasteiger charge is -2.29. The average molecular weight is 624 g/mol. The number of nitrogens with zero attached hydrogens (tertiary/aromatic N) is 2. The molecule has 14 nitrogen and oxygen atoms in total. The van der Waals surface area contributed by atoms with Gasteiger partial charge in [0.25, 0.3) is 5.56 Å². The Hall–Kier alpha value is -3.41. The molecule has 6 atom stereocenters. The Labute approximate surface area is 246 Å². The van der Waals surface area contributed by atoms with Crippen molar-refractivity contribution in [3.8, 4) is 17.0 Å². The summed E-state index contributed by atoms with van der Waals surface area (Å²) in [5, 5.41) is 16.6. The summed E-state index contributed by atoms with van der Waals surface area (Å²) >= 11 is 5.72. The minimum atomic E-state index is -4.28. The summed E-state index contributed by atoms with van der Waals surface area (Å²) in [6, 6.07) is 8.57. The normalized spacial score (nSPS) is 24.1. The van der Waals surface area contributed by atoms with Crippen molar-refractivity contribution in [3.63, 3.8) is 0 Å². The van der Waals surface area contributed by atoms with Gasteiger partial charge in [-0.1, -0.05) is 18.2 Å². The van der Waals surface area contributed by atoms with Gasteiger partial charge in [0, 0.05) is 18.7 Å². The van der Waals surface area contributed by atoms with E-state index in [-0.39, 0.29) is 22.7 Å².